The van der Waals surface area contributed by atoms with Crippen molar-refractivity contribution in [1.82, 2.24) is 0 Å². The molecule has 0 spiro atoms. The summed E-state index contributed by atoms with van der Waals surface area (Å²) in [5, 5.41) is 5.27. The SMILES string of the molecule is NS(=O)(=O)Nc1ccc(Cl)cc1. The molecule has 0 aliphatic heterocycles. The largest absolute Gasteiger partial charge is 0.296 e. The molecule has 4 nitrogen and oxygen atoms in total. The first-order chi connectivity index (χ1) is 5.47. The van der Waals surface area contributed by atoms with Crippen LogP contribution in [0.2, 0.25) is 5.02 Å². The Kier molecular flexibility index (Phi) is 2.56. The lowest BCUT2D eigenvalue weighted by Gasteiger charge is -2.01. The minimum absolute atomic E-state index is 0.391. The van der Waals surface area contributed by atoms with Crippen molar-refractivity contribution in [2.75, 3.05) is 4.72 Å². The van der Waals surface area contributed by atoms with Crippen LogP contribution in [0.5, 0.6) is 0 Å². The summed E-state index contributed by atoms with van der Waals surface area (Å²) in [5.41, 5.74) is 0.391. The molecule has 0 aliphatic carbocycles. The van der Waals surface area contributed by atoms with Crippen LogP contribution in [0, 0.1) is 0 Å². The van der Waals surface area contributed by atoms with Crippen LogP contribution >= 0.6 is 11.6 Å². The third kappa shape index (κ3) is 3.08. The molecule has 1 aromatic rings. The van der Waals surface area contributed by atoms with E-state index in [-0.39, 0.29) is 0 Å². The molecule has 6 heteroatoms. The maximum absolute atomic E-state index is 10.5. The van der Waals surface area contributed by atoms with Gasteiger partial charge in [0.2, 0.25) is 0 Å². The summed E-state index contributed by atoms with van der Waals surface area (Å²) in [6.07, 6.45) is 0. The van der Waals surface area contributed by atoms with Crippen molar-refractivity contribution in [3.63, 3.8) is 0 Å². The Hall–Kier alpha value is -0.780. The van der Waals surface area contributed by atoms with Crippen molar-refractivity contribution < 1.29 is 8.42 Å². The van der Waals surface area contributed by atoms with Gasteiger partial charge < -0.3 is 0 Å². The quantitative estimate of drug-likeness (QED) is 0.757. The summed E-state index contributed by atoms with van der Waals surface area (Å²) in [6, 6.07) is 6.17. The molecular formula is C6H7ClN2O2S. The number of hydrogen-bond acceptors (Lipinski definition) is 2. The Morgan fingerprint density at radius 2 is 1.75 bits per heavy atom. The van der Waals surface area contributed by atoms with E-state index in [1.165, 1.54) is 12.1 Å². The lowest BCUT2D eigenvalue weighted by Crippen LogP contribution is -2.21. The molecular weight excluding hydrogens is 200 g/mol. The summed E-state index contributed by atoms with van der Waals surface area (Å²) in [6.45, 7) is 0. The Morgan fingerprint density at radius 1 is 1.25 bits per heavy atom. The fourth-order valence-electron chi connectivity index (χ4n) is 0.682. The van der Waals surface area contributed by atoms with Crippen molar-refractivity contribution >= 4 is 27.5 Å². The van der Waals surface area contributed by atoms with Gasteiger partial charge in [-0.05, 0) is 24.3 Å². The highest BCUT2D eigenvalue weighted by Gasteiger charge is 2.00. The minimum Gasteiger partial charge on any atom is -0.271 e. The van der Waals surface area contributed by atoms with Gasteiger partial charge in [-0.15, -0.1) is 0 Å². The molecule has 12 heavy (non-hydrogen) atoms. The smallest absolute Gasteiger partial charge is 0.271 e. The van der Waals surface area contributed by atoms with Crippen LogP contribution in [0.25, 0.3) is 0 Å². The normalized spacial score (nSPS) is 11.2. The Labute approximate surface area is 75.5 Å². The van der Waals surface area contributed by atoms with Gasteiger partial charge in [-0.3, -0.25) is 4.72 Å². The topological polar surface area (TPSA) is 72.2 Å². The Morgan fingerprint density at radius 3 is 2.17 bits per heavy atom. The van der Waals surface area contributed by atoms with Crippen LogP contribution in [0.4, 0.5) is 5.69 Å². The number of nitrogens with two attached hydrogens (primary N) is 1. The molecule has 1 rings (SSSR count). The zero-order chi connectivity index (χ0) is 9.19. The highest BCUT2D eigenvalue weighted by atomic mass is 35.5. The molecule has 0 aliphatic rings. The van der Waals surface area contributed by atoms with E-state index in [0.717, 1.165) is 0 Å². The van der Waals surface area contributed by atoms with Crippen LogP contribution in [0.1, 0.15) is 0 Å². The number of benzene rings is 1. The maximum Gasteiger partial charge on any atom is 0.296 e. The second kappa shape index (κ2) is 3.30. The lowest BCUT2D eigenvalue weighted by molar-refractivity contribution is 0.603. The third-order valence-corrected chi connectivity index (χ3v) is 1.88. The van der Waals surface area contributed by atoms with E-state index in [2.05, 4.69) is 4.72 Å². The van der Waals surface area contributed by atoms with Gasteiger partial charge in [-0.25, -0.2) is 5.14 Å². The van der Waals surface area contributed by atoms with E-state index in [0.29, 0.717) is 10.7 Å². The van der Waals surface area contributed by atoms with E-state index < -0.39 is 10.2 Å². The molecule has 0 amide bonds. The van der Waals surface area contributed by atoms with Crippen LogP contribution in [-0.4, -0.2) is 8.42 Å². The number of rotatable bonds is 2. The van der Waals surface area contributed by atoms with Crippen molar-refractivity contribution in [3.8, 4) is 0 Å². The predicted molar refractivity (Wildman–Crippen MR) is 48.2 cm³/mol. The Balaban J connectivity index is 2.85. The minimum atomic E-state index is -3.68. The molecule has 0 radical (unpaired) electrons. The number of anilines is 1. The second-order valence-corrected chi connectivity index (χ2v) is 3.88. The highest BCUT2D eigenvalue weighted by molar-refractivity contribution is 7.90. The number of halogens is 1. The molecule has 0 unspecified atom stereocenters. The van der Waals surface area contributed by atoms with Gasteiger partial charge in [0.05, 0.1) is 0 Å². The molecule has 3 N–H and O–H groups in total. The Bertz CT molecular complexity index is 360. The van der Waals surface area contributed by atoms with Gasteiger partial charge >= 0.3 is 0 Å². The van der Waals surface area contributed by atoms with Crippen molar-refractivity contribution in [2.45, 2.75) is 0 Å². The van der Waals surface area contributed by atoms with E-state index in [1.54, 1.807) is 12.1 Å². The van der Waals surface area contributed by atoms with Crippen molar-refractivity contribution in [1.29, 1.82) is 0 Å². The van der Waals surface area contributed by atoms with Gasteiger partial charge in [0.15, 0.2) is 0 Å². The summed E-state index contributed by atoms with van der Waals surface area (Å²) < 4.78 is 23.1. The molecule has 0 heterocycles. The molecule has 0 aromatic heterocycles. The fourth-order valence-corrected chi connectivity index (χ4v) is 1.27. The summed E-state index contributed by atoms with van der Waals surface area (Å²) in [4.78, 5) is 0. The van der Waals surface area contributed by atoms with E-state index in [9.17, 15) is 8.42 Å². The number of hydrogen-bond donors (Lipinski definition) is 2. The van der Waals surface area contributed by atoms with Crippen molar-refractivity contribution in [2.24, 2.45) is 5.14 Å². The standard InChI is InChI=1S/C6H7ClN2O2S/c7-5-1-3-6(4-2-5)9-12(8,10)11/h1-4,9H,(H2,8,10,11). The zero-order valence-electron chi connectivity index (χ0n) is 5.99. The van der Waals surface area contributed by atoms with Gasteiger partial charge in [0, 0.05) is 10.7 Å². The molecule has 0 saturated carbocycles. The second-order valence-electron chi connectivity index (χ2n) is 2.15. The van der Waals surface area contributed by atoms with Crippen molar-refractivity contribution in [3.05, 3.63) is 29.3 Å². The molecule has 0 bridgehead atoms. The van der Waals surface area contributed by atoms with E-state index in [4.69, 9.17) is 16.7 Å². The molecule has 66 valence electrons. The molecule has 0 atom stereocenters. The van der Waals surface area contributed by atoms with Gasteiger partial charge in [0.25, 0.3) is 10.2 Å². The number of nitrogens with one attached hydrogen (secondary N) is 1. The first-order valence-corrected chi connectivity index (χ1v) is 4.96. The van der Waals surface area contributed by atoms with Crippen LogP contribution in [0.3, 0.4) is 0 Å². The van der Waals surface area contributed by atoms with E-state index >= 15 is 0 Å². The van der Waals surface area contributed by atoms with Crippen LogP contribution in [-0.2, 0) is 10.2 Å². The maximum atomic E-state index is 10.5. The molecule has 0 saturated heterocycles. The van der Waals surface area contributed by atoms with Gasteiger partial charge in [-0.1, -0.05) is 11.6 Å². The summed E-state index contributed by atoms with van der Waals surface area (Å²) in [7, 11) is -3.68. The summed E-state index contributed by atoms with van der Waals surface area (Å²) >= 11 is 5.57. The average molecular weight is 207 g/mol. The van der Waals surface area contributed by atoms with Gasteiger partial charge in [-0.2, -0.15) is 8.42 Å². The first kappa shape index (κ1) is 9.31. The van der Waals surface area contributed by atoms with E-state index in [1.807, 2.05) is 0 Å². The average Bonchev–Trinajstić information content (AvgIpc) is 1.91. The van der Waals surface area contributed by atoms with Crippen LogP contribution in [0.15, 0.2) is 24.3 Å². The lowest BCUT2D eigenvalue weighted by atomic mass is 10.3. The zero-order valence-corrected chi connectivity index (χ0v) is 7.56. The highest BCUT2D eigenvalue weighted by Crippen LogP contribution is 2.13. The van der Waals surface area contributed by atoms with Crippen LogP contribution < -0.4 is 9.86 Å². The first-order valence-electron chi connectivity index (χ1n) is 3.03. The fraction of sp³-hybridized carbons (Fsp3) is 0. The monoisotopic (exact) mass is 206 g/mol. The summed E-state index contributed by atoms with van der Waals surface area (Å²) in [5.74, 6) is 0. The van der Waals surface area contributed by atoms with Gasteiger partial charge in [0.1, 0.15) is 0 Å². The third-order valence-electron chi connectivity index (χ3n) is 1.10. The molecule has 0 fully saturated rings. The molecule has 1 aromatic carbocycles. The predicted octanol–water partition coefficient (Wildman–Crippen LogP) is 0.955.